The predicted octanol–water partition coefficient (Wildman–Crippen LogP) is 6.15. The van der Waals surface area contributed by atoms with E-state index in [9.17, 15) is 4.79 Å². The Kier molecular flexibility index (Phi) is 4.06. The van der Waals surface area contributed by atoms with Gasteiger partial charge in [-0.25, -0.2) is 0 Å². The molecule has 4 aliphatic rings. The standard InChI is InChI=1S/C22H32OS/c1-14(2)24-20-13-22(4)15(12-19(20)23)7-8-16-17-6-5-10-21(17,3)11-9-18(16)22/h12-14,16-18H,5-11H2,1-4H3/t16-,17-,18-,21-,22-/m0/s1. The zero-order valence-electron chi connectivity index (χ0n) is 15.7. The van der Waals surface area contributed by atoms with Crippen molar-refractivity contribution in [1.82, 2.24) is 0 Å². The Morgan fingerprint density at radius 2 is 1.92 bits per heavy atom. The molecule has 0 N–H and O–H groups in total. The lowest BCUT2D eigenvalue weighted by molar-refractivity contribution is -0.111. The summed E-state index contributed by atoms with van der Waals surface area (Å²) in [6.07, 6.45) is 14.0. The topological polar surface area (TPSA) is 17.1 Å². The molecule has 0 heterocycles. The number of rotatable bonds is 2. The van der Waals surface area contributed by atoms with Gasteiger partial charge in [0.15, 0.2) is 5.78 Å². The molecule has 0 aromatic rings. The molecule has 0 aliphatic heterocycles. The quantitative estimate of drug-likeness (QED) is 0.597. The summed E-state index contributed by atoms with van der Waals surface area (Å²) >= 11 is 1.76. The average molecular weight is 345 g/mol. The van der Waals surface area contributed by atoms with Gasteiger partial charge in [-0.05, 0) is 67.8 Å². The van der Waals surface area contributed by atoms with Crippen molar-refractivity contribution in [2.45, 2.75) is 77.9 Å². The minimum atomic E-state index is 0.137. The molecule has 2 heteroatoms. The van der Waals surface area contributed by atoms with Crippen molar-refractivity contribution >= 4 is 17.5 Å². The molecule has 3 fully saturated rings. The highest BCUT2D eigenvalue weighted by molar-refractivity contribution is 8.04. The Morgan fingerprint density at radius 3 is 2.67 bits per heavy atom. The zero-order valence-corrected chi connectivity index (χ0v) is 16.5. The van der Waals surface area contributed by atoms with Crippen LogP contribution in [0.1, 0.15) is 72.6 Å². The molecular weight excluding hydrogens is 312 g/mol. The maximum absolute atomic E-state index is 12.6. The molecular formula is C22H32OS. The third-order valence-electron chi connectivity index (χ3n) is 7.77. The Hall–Kier alpha value is -0.500. The summed E-state index contributed by atoms with van der Waals surface area (Å²) in [5.41, 5.74) is 2.18. The molecule has 0 aromatic carbocycles. The summed E-state index contributed by atoms with van der Waals surface area (Å²) in [6.45, 7) is 9.39. The Morgan fingerprint density at radius 1 is 1.12 bits per heavy atom. The van der Waals surface area contributed by atoms with Crippen LogP contribution in [0.3, 0.4) is 0 Å². The fourth-order valence-corrected chi connectivity index (χ4v) is 7.60. The van der Waals surface area contributed by atoms with Crippen molar-refractivity contribution in [2.24, 2.45) is 28.6 Å². The van der Waals surface area contributed by atoms with Gasteiger partial charge in [-0.15, -0.1) is 11.8 Å². The van der Waals surface area contributed by atoms with Crippen LogP contribution in [0.4, 0.5) is 0 Å². The van der Waals surface area contributed by atoms with Crippen LogP contribution in [-0.2, 0) is 4.79 Å². The van der Waals surface area contributed by atoms with Crippen molar-refractivity contribution in [3.63, 3.8) is 0 Å². The maximum Gasteiger partial charge on any atom is 0.191 e. The lowest BCUT2D eigenvalue weighted by Gasteiger charge is -2.56. The van der Waals surface area contributed by atoms with Crippen LogP contribution < -0.4 is 0 Å². The van der Waals surface area contributed by atoms with Crippen molar-refractivity contribution in [1.29, 1.82) is 0 Å². The lowest BCUT2D eigenvalue weighted by Crippen LogP contribution is -2.48. The minimum Gasteiger partial charge on any atom is -0.289 e. The number of carbonyl (C=O) groups is 1. The summed E-state index contributed by atoms with van der Waals surface area (Å²) in [4.78, 5) is 13.6. The monoisotopic (exact) mass is 344 g/mol. The molecule has 24 heavy (non-hydrogen) atoms. The first-order valence-electron chi connectivity index (χ1n) is 9.98. The summed E-state index contributed by atoms with van der Waals surface area (Å²) < 4.78 is 0. The molecule has 0 spiro atoms. The SMILES string of the molecule is CC(C)SC1=C[C@@]2(C)C(=CC1=O)CC[C@H]1[C@@H]3CCC[C@@]3(C)CC[C@@H]12. The van der Waals surface area contributed by atoms with E-state index in [0.29, 0.717) is 10.7 Å². The van der Waals surface area contributed by atoms with E-state index in [-0.39, 0.29) is 11.2 Å². The highest BCUT2D eigenvalue weighted by Gasteiger charge is 2.55. The van der Waals surface area contributed by atoms with Gasteiger partial charge in [-0.1, -0.05) is 45.8 Å². The van der Waals surface area contributed by atoms with E-state index < -0.39 is 0 Å². The average Bonchev–Trinajstić information content (AvgIpc) is 2.90. The predicted molar refractivity (Wildman–Crippen MR) is 103 cm³/mol. The second-order valence-corrected chi connectivity index (χ2v) is 11.1. The molecule has 4 aliphatic carbocycles. The van der Waals surface area contributed by atoms with Gasteiger partial charge >= 0.3 is 0 Å². The summed E-state index contributed by atoms with van der Waals surface area (Å²) in [6, 6.07) is 0. The van der Waals surface area contributed by atoms with E-state index >= 15 is 0 Å². The van der Waals surface area contributed by atoms with Crippen LogP contribution in [0.25, 0.3) is 0 Å². The molecule has 0 unspecified atom stereocenters. The highest BCUT2D eigenvalue weighted by Crippen LogP contribution is 2.64. The van der Waals surface area contributed by atoms with E-state index in [1.54, 1.807) is 11.8 Å². The number of hydrogen-bond acceptors (Lipinski definition) is 2. The first kappa shape index (κ1) is 16.9. The van der Waals surface area contributed by atoms with Crippen molar-refractivity contribution < 1.29 is 4.79 Å². The third-order valence-corrected chi connectivity index (χ3v) is 8.81. The molecule has 4 rings (SSSR count). The van der Waals surface area contributed by atoms with Crippen LogP contribution in [0, 0.1) is 28.6 Å². The van der Waals surface area contributed by atoms with Crippen LogP contribution in [0.5, 0.6) is 0 Å². The highest BCUT2D eigenvalue weighted by atomic mass is 32.2. The molecule has 0 aromatic heterocycles. The van der Waals surface area contributed by atoms with Gasteiger partial charge in [0.1, 0.15) is 0 Å². The first-order valence-corrected chi connectivity index (χ1v) is 10.9. The molecule has 0 saturated heterocycles. The van der Waals surface area contributed by atoms with Gasteiger partial charge in [0.2, 0.25) is 0 Å². The summed E-state index contributed by atoms with van der Waals surface area (Å²) in [7, 11) is 0. The van der Waals surface area contributed by atoms with E-state index in [1.165, 1.54) is 44.1 Å². The van der Waals surface area contributed by atoms with Crippen LogP contribution in [0.15, 0.2) is 22.6 Å². The maximum atomic E-state index is 12.6. The van der Waals surface area contributed by atoms with Gasteiger partial charge in [0.25, 0.3) is 0 Å². The first-order chi connectivity index (χ1) is 11.3. The van der Waals surface area contributed by atoms with E-state index in [4.69, 9.17) is 0 Å². The molecule has 132 valence electrons. The Balaban J connectivity index is 1.69. The molecule has 3 saturated carbocycles. The fraction of sp³-hybridized carbons (Fsp3) is 0.773. The largest absolute Gasteiger partial charge is 0.289 e. The molecule has 1 nitrogen and oxygen atoms in total. The normalized spacial score (nSPS) is 44.5. The molecule has 0 amide bonds. The number of hydrogen-bond donors (Lipinski definition) is 0. The van der Waals surface area contributed by atoms with Crippen molar-refractivity contribution in [3.05, 3.63) is 22.6 Å². The number of carbonyl (C=O) groups excluding carboxylic acids is 1. The summed E-state index contributed by atoms with van der Waals surface area (Å²) in [5, 5.41) is 0.475. The van der Waals surface area contributed by atoms with Crippen LogP contribution in [-0.4, -0.2) is 11.0 Å². The van der Waals surface area contributed by atoms with Gasteiger partial charge in [-0.3, -0.25) is 4.79 Å². The molecule has 5 atom stereocenters. The van der Waals surface area contributed by atoms with Crippen LogP contribution >= 0.6 is 11.8 Å². The van der Waals surface area contributed by atoms with Gasteiger partial charge < -0.3 is 0 Å². The van der Waals surface area contributed by atoms with Crippen molar-refractivity contribution in [2.75, 3.05) is 0 Å². The van der Waals surface area contributed by atoms with E-state index in [2.05, 4.69) is 33.8 Å². The second kappa shape index (κ2) is 5.76. The van der Waals surface area contributed by atoms with Gasteiger partial charge in [0, 0.05) is 10.7 Å². The minimum absolute atomic E-state index is 0.137. The Labute approximate surface area is 151 Å². The van der Waals surface area contributed by atoms with Gasteiger partial charge in [-0.2, -0.15) is 0 Å². The number of thioether (sulfide) groups is 1. The van der Waals surface area contributed by atoms with Crippen LogP contribution in [0.2, 0.25) is 0 Å². The lowest BCUT2D eigenvalue weighted by atomic mass is 9.48. The number of fused-ring (bicyclic) bond motifs is 5. The summed E-state index contributed by atoms with van der Waals surface area (Å²) in [5.74, 6) is 2.83. The van der Waals surface area contributed by atoms with Crippen molar-refractivity contribution in [3.8, 4) is 0 Å². The fourth-order valence-electron chi connectivity index (χ4n) is 6.60. The number of ketones is 1. The van der Waals surface area contributed by atoms with Gasteiger partial charge in [0.05, 0.1) is 4.91 Å². The number of allylic oxidation sites excluding steroid dienone is 4. The zero-order chi connectivity index (χ0) is 17.1. The third kappa shape index (κ3) is 2.47. The van der Waals surface area contributed by atoms with E-state index in [0.717, 1.165) is 29.1 Å². The second-order valence-electron chi connectivity index (χ2n) is 9.49. The molecule has 0 radical (unpaired) electrons. The Bertz CT molecular complexity index is 615. The van der Waals surface area contributed by atoms with E-state index in [1.807, 2.05) is 6.08 Å². The molecule has 0 bridgehead atoms. The smallest absolute Gasteiger partial charge is 0.191 e.